The summed E-state index contributed by atoms with van der Waals surface area (Å²) < 4.78 is 20.3. The summed E-state index contributed by atoms with van der Waals surface area (Å²) in [7, 11) is 1.81. The maximum atomic E-state index is 14.3. The number of alkyl halides is 1. The number of para-hydroxylation sites is 1. The van der Waals surface area contributed by atoms with Gasteiger partial charge in [0, 0.05) is 19.3 Å². The molecule has 2 atom stereocenters. The number of urea groups is 1. The maximum Gasteiger partial charge on any atom is 0.331 e. The minimum atomic E-state index is -1.14. The minimum Gasteiger partial charge on any atom is -0.457 e. The number of hydrogen-bond acceptors (Lipinski definition) is 6. The summed E-state index contributed by atoms with van der Waals surface area (Å²) in [5, 5.41) is 6.37. The van der Waals surface area contributed by atoms with Crippen LogP contribution in [-0.4, -0.2) is 54.2 Å². The number of ether oxygens (including phenoxy) is 1. The Morgan fingerprint density at radius 3 is 2.56 bits per heavy atom. The number of amides is 3. The molecular weight excluding hydrogens is 558 g/mol. The van der Waals surface area contributed by atoms with Crippen molar-refractivity contribution in [2.75, 3.05) is 30.4 Å². The van der Waals surface area contributed by atoms with Gasteiger partial charge in [0.1, 0.15) is 27.4 Å². The zero-order chi connectivity index (χ0) is 25.7. The van der Waals surface area contributed by atoms with E-state index in [0.29, 0.717) is 44.5 Å². The molecule has 0 spiro atoms. The van der Waals surface area contributed by atoms with E-state index in [1.54, 1.807) is 17.2 Å². The van der Waals surface area contributed by atoms with Gasteiger partial charge < -0.3 is 20.3 Å². The van der Waals surface area contributed by atoms with E-state index in [0.717, 1.165) is 11.3 Å². The second-order valence-electron chi connectivity index (χ2n) is 9.26. The van der Waals surface area contributed by atoms with Gasteiger partial charge in [-0.3, -0.25) is 9.69 Å². The van der Waals surface area contributed by atoms with Gasteiger partial charge in [-0.25, -0.2) is 14.2 Å². The predicted molar refractivity (Wildman–Crippen MR) is 163 cm³/mol. The molecule has 0 aliphatic carbocycles. The summed E-state index contributed by atoms with van der Waals surface area (Å²) in [6.45, 7) is 2.61. The first-order chi connectivity index (χ1) is 17.9. The number of aromatic nitrogens is 1. The molecule has 12 heteroatoms. The third-order valence-electron chi connectivity index (χ3n) is 6.59. The average molecular weight is 586 g/mol. The summed E-state index contributed by atoms with van der Waals surface area (Å²) in [4.78, 5) is 35.3. The molecule has 2 aromatic heterocycles. The standard InChI is InChI=1S/C27H24FN5O3S.2H2S/c1-15-12-17(36-16-6-4-3-5-7-16)8-9-20(15)33-21-10-11-29-26-22(21)23(31-27(33)35)24(37-26)25(34)30-19-14-32(2)13-18(19)28;;/h3-12,18-19H,13-14H2,1-2H3,(H,30,34)(H,31,35);2*1H2/t18-,19-;;/m0../s1. The Morgan fingerprint density at radius 2 is 1.87 bits per heavy atom. The normalized spacial score (nSPS) is 18.2. The van der Waals surface area contributed by atoms with E-state index in [9.17, 15) is 14.0 Å². The number of anilines is 3. The van der Waals surface area contributed by atoms with Crippen molar-refractivity contribution in [1.82, 2.24) is 15.2 Å². The lowest BCUT2D eigenvalue weighted by molar-refractivity contribution is 0.0928. The Morgan fingerprint density at radius 1 is 1.10 bits per heavy atom. The molecule has 0 saturated carbocycles. The van der Waals surface area contributed by atoms with Crippen LogP contribution >= 0.6 is 38.3 Å². The molecule has 4 aromatic rings. The van der Waals surface area contributed by atoms with Crippen LogP contribution in [0.2, 0.25) is 0 Å². The first-order valence-corrected chi connectivity index (χ1v) is 12.7. The second-order valence-corrected chi connectivity index (χ2v) is 10.3. The zero-order valence-electron chi connectivity index (χ0n) is 21.2. The molecule has 8 nitrogen and oxygen atoms in total. The molecule has 3 amide bonds. The SMILES string of the molecule is Cc1cc(Oc2ccccc2)ccc1N1C(=O)Nc2c(C(=O)N[C@H]3CN(C)C[C@@H]3F)sc3nccc1c23.S.S. The van der Waals surface area contributed by atoms with E-state index in [1.165, 1.54) is 11.3 Å². The monoisotopic (exact) mass is 585 g/mol. The summed E-state index contributed by atoms with van der Waals surface area (Å²) in [6, 6.07) is 15.8. The summed E-state index contributed by atoms with van der Waals surface area (Å²) in [6.07, 6.45) is 0.479. The highest BCUT2D eigenvalue weighted by molar-refractivity contribution is 7.59. The van der Waals surface area contributed by atoms with Gasteiger partial charge in [0.25, 0.3) is 5.91 Å². The van der Waals surface area contributed by atoms with Gasteiger partial charge >= 0.3 is 6.03 Å². The van der Waals surface area contributed by atoms with Gasteiger partial charge in [-0.2, -0.15) is 27.0 Å². The highest BCUT2D eigenvalue weighted by Gasteiger charge is 2.36. The van der Waals surface area contributed by atoms with Crippen LogP contribution < -0.4 is 20.3 Å². The first-order valence-electron chi connectivity index (χ1n) is 11.9. The quantitative estimate of drug-likeness (QED) is 0.314. The van der Waals surface area contributed by atoms with Gasteiger partial charge in [0.15, 0.2) is 0 Å². The highest BCUT2D eigenvalue weighted by atomic mass is 32.1. The van der Waals surface area contributed by atoms with Crippen molar-refractivity contribution in [3.8, 4) is 11.5 Å². The zero-order valence-corrected chi connectivity index (χ0v) is 24.0. The van der Waals surface area contributed by atoms with Crippen LogP contribution in [0.4, 0.5) is 26.2 Å². The van der Waals surface area contributed by atoms with Crippen molar-refractivity contribution in [3.05, 3.63) is 71.2 Å². The Balaban J connectivity index is 0.00000176. The topological polar surface area (TPSA) is 86.8 Å². The number of likely N-dealkylation sites (tertiary alicyclic amines) is 1. The molecular formula is C27H28FN5O3S3. The van der Waals surface area contributed by atoms with Crippen LogP contribution in [0.25, 0.3) is 10.2 Å². The average Bonchev–Trinajstić information content (AvgIpc) is 3.40. The molecule has 204 valence electrons. The molecule has 39 heavy (non-hydrogen) atoms. The summed E-state index contributed by atoms with van der Waals surface area (Å²) in [5.74, 6) is 0.959. The van der Waals surface area contributed by atoms with Crippen molar-refractivity contribution in [2.24, 2.45) is 0 Å². The van der Waals surface area contributed by atoms with Gasteiger partial charge in [0.05, 0.1) is 28.5 Å². The molecule has 2 aromatic carbocycles. The van der Waals surface area contributed by atoms with Crippen LogP contribution in [0.15, 0.2) is 60.8 Å². The summed E-state index contributed by atoms with van der Waals surface area (Å²) in [5.41, 5.74) is 2.56. The number of hydrogen-bond donors (Lipinski definition) is 2. The van der Waals surface area contributed by atoms with E-state index in [-0.39, 0.29) is 33.5 Å². The van der Waals surface area contributed by atoms with Crippen LogP contribution in [0.3, 0.4) is 0 Å². The smallest absolute Gasteiger partial charge is 0.331 e. The number of nitrogens with one attached hydrogen (secondary N) is 2. The lowest BCUT2D eigenvalue weighted by Crippen LogP contribution is -2.41. The lowest BCUT2D eigenvalue weighted by Gasteiger charge is -2.29. The summed E-state index contributed by atoms with van der Waals surface area (Å²) >= 11 is 1.18. The van der Waals surface area contributed by atoms with E-state index >= 15 is 0 Å². The molecule has 1 fully saturated rings. The Labute approximate surface area is 243 Å². The number of likely N-dealkylation sites (N-methyl/N-ethyl adjacent to an activating group) is 1. The van der Waals surface area contributed by atoms with Gasteiger partial charge in [-0.1, -0.05) is 18.2 Å². The number of thiophene rings is 1. The van der Waals surface area contributed by atoms with Crippen LogP contribution in [0, 0.1) is 6.92 Å². The predicted octanol–water partition coefficient (Wildman–Crippen LogP) is 5.69. The van der Waals surface area contributed by atoms with Gasteiger partial charge in [-0.15, -0.1) is 11.3 Å². The first kappa shape index (κ1) is 28.7. The van der Waals surface area contributed by atoms with E-state index < -0.39 is 24.2 Å². The third-order valence-corrected chi connectivity index (χ3v) is 7.68. The maximum absolute atomic E-state index is 14.3. The molecule has 6 rings (SSSR count). The van der Waals surface area contributed by atoms with E-state index in [4.69, 9.17) is 4.74 Å². The lowest BCUT2D eigenvalue weighted by atomic mass is 10.1. The van der Waals surface area contributed by atoms with Crippen molar-refractivity contribution in [1.29, 1.82) is 0 Å². The number of carbonyl (C=O) groups excluding carboxylic acids is 2. The number of rotatable bonds is 5. The highest BCUT2D eigenvalue weighted by Crippen LogP contribution is 2.46. The Hall–Kier alpha value is -3.32. The molecule has 2 aliphatic rings. The van der Waals surface area contributed by atoms with Gasteiger partial charge in [-0.05, 0) is 55.9 Å². The molecule has 2 aliphatic heterocycles. The minimum absolute atomic E-state index is 0. The van der Waals surface area contributed by atoms with E-state index in [1.807, 2.05) is 67.4 Å². The number of nitrogens with zero attached hydrogens (tertiary/aromatic N) is 3. The Kier molecular flexibility index (Phi) is 8.40. The fraction of sp³-hybridized carbons (Fsp3) is 0.222. The molecule has 2 N–H and O–H groups in total. The molecule has 4 heterocycles. The van der Waals surface area contributed by atoms with Crippen molar-refractivity contribution in [3.63, 3.8) is 0 Å². The number of pyridine rings is 1. The number of aryl methyl sites for hydroxylation is 1. The van der Waals surface area contributed by atoms with Crippen LogP contribution in [0.1, 0.15) is 15.2 Å². The van der Waals surface area contributed by atoms with Gasteiger partial charge in [0.2, 0.25) is 0 Å². The molecule has 0 radical (unpaired) electrons. The van der Waals surface area contributed by atoms with Crippen LogP contribution in [0.5, 0.6) is 11.5 Å². The van der Waals surface area contributed by atoms with Crippen LogP contribution in [-0.2, 0) is 0 Å². The fourth-order valence-corrected chi connectivity index (χ4v) is 5.89. The Bertz CT molecular complexity index is 1530. The molecule has 1 saturated heterocycles. The molecule has 0 bridgehead atoms. The second kappa shape index (κ2) is 11.4. The number of benzene rings is 2. The fourth-order valence-electron chi connectivity index (χ4n) is 4.87. The van der Waals surface area contributed by atoms with Crippen molar-refractivity contribution < 1.29 is 18.7 Å². The van der Waals surface area contributed by atoms with E-state index in [2.05, 4.69) is 15.6 Å². The number of carbonyl (C=O) groups is 2. The van der Waals surface area contributed by atoms with Crippen molar-refractivity contribution >= 4 is 77.5 Å². The van der Waals surface area contributed by atoms with Crippen molar-refractivity contribution in [2.45, 2.75) is 19.1 Å². The molecule has 0 unspecified atom stereocenters. The largest absolute Gasteiger partial charge is 0.457 e. The third kappa shape index (κ3) is 5.29. The number of halogens is 1.